The number of rotatable bonds is 5. The number of nitrogens with zero attached hydrogens (tertiary/aromatic N) is 3. The molecular weight excluding hydrogens is 335 g/mol. The molecule has 0 aliphatic carbocycles. The maximum atomic E-state index is 13.1. The number of hydrogen-bond acceptors (Lipinski definition) is 5. The van der Waals surface area contributed by atoms with E-state index in [4.69, 9.17) is 16.0 Å². The first-order chi connectivity index (χ1) is 11.6. The zero-order chi connectivity index (χ0) is 16.9. The van der Waals surface area contributed by atoms with E-state index in [2.05, 4.69) is 20.5 Å². The fraction of sp³-hybridized carbons (Fsp3) is 0.125. The molecule has 0 unspecified atom stereocenters. The second-order valence-electron chi connectivity index (χ2n) is 4.91. The summed E-state index contributed by atoms with van der Waals surface area (Å²) in [6, 6.07) is 7.48. The maximum absolute atomic E-state index is 13.1. The van der Waals surface area contributed by atoms with Crippen molar-refractivity contribution in [3.05, 3.63) is 59.5 Å². The molecule has 2 aromatic heterocycles. The number of carbonyl (C=O) groups is 1. The van der Waals surface area contributed by atoms with Crippen LogP contribution in [-0.4, -0.2) is 21.1 Å². The van der Waals surface area contributed by atoms with Crippen molar-refractivity contribution < 1.29 is 13.6 Å². The van der Waals surface area contributed by atoms with E-state index < -0.39 is 5.82 Å². The Labute approximate surface area is 141 Å². The summed E-state index contributed by atoms with van der Waals surface area (Å²) >= 11 is 5.67. The van der Waals surface area contributed by atoms with Crippen molar-refractivity contribution in [2.45, 2.75) is 12.8 Å². The molecule has 1 amide bonds. The molecule has 1 aromatic carbocycles. The lowest BCUT2D eigenvalue weighted by atomic mass is 10.2. The Morgan fingerprint density at radius 2 is 2.00 bits per heavy atom. The van der Waals surface area contributed by atoms with Crippen molar-refractivity contribution in [3.8, 4) is 11.5 Å². The highest BCUT2D eigenvalue weighted by atomic mass is 35.5. The third-order valence-electron chi connectivity index (χ3n) is 3.16. The van der Waals surface area contributed by atoms with Crippen LogP contribution in [0.3, 0.4) is 0 Å². The van der Waals surface area contributed by atoms with Gasteiger partial charge in [-0.1, -0.05) is 11.6 Å². The Morgan fingerprint density at radius 3 is 2.75 bits per heavy atom. The number of amides is 1. The minimum atomic E-state index is -0.538. The van der Waals surface area contributed by atoms with Crippen LogP contribution in [0.5, 0.6) is 0 Å². The van der Waals surface area contributed by atoms with Gasteiger partial charge in [0.2, 0.25) is 17.7 Å². The molecule has 0 radical (unpaired) electrons. The molecule has 3 aromatic rings. The van der Waals surface area contributed by atoms with Crippen LogP contribution in [0.4, 0.5) is 10.1 Å². The molecule has 0 atom stereocenters. The molecule has 6 nitrogen and oxygen atoms in total. The second-order valence-corrected chi connectivity index (χ2v) is 5.32. The Kier molecular flexibility index (Phi) is 4.81. The average molecular weight is 347 g/mol. The largest absolute Gasteiger partial charge is 0.421 e. The van der Waals surface area contributed by atoms with Crippen LogP contribution in [0.1, 0.15) is 12.3 Å². The van der Waals surface area contributed by atoms with E-state index in [1.807, 2.05) is 0 Å². The van der Waals surface area contributed by atoms with Crippen molar-refractivity contribution in [1.29, 1.82) is 0 Å². The van der Waals surface area contributed by atoms with E-state index >= 15 is 0 Å². The molecule has 3 rings (SSSR count). The zero-order valence-corrected chi connectivity index (χ0v) is 13.1. The van der Waals surface area contributed by atoms with Gasteiger partial charge in [-0.05, 0) is 30.3 Å². The van der Waals surface area contributed by atoms with Crippen molar-refractivity contribution in [2.75, 3.05) is 5.32 Å². The van der Waals surface area contributed by atoms with Gasteiger partial charge in [0.1, 0.15) is 5.82 Å². The first-order valence-electron chi connectivity index (χ1n) is 7.09. The summed E-state index contributed by atoms with van der Waals surface area (Å²) < 4.78 is 18.6. The number of hydrogen-bond donors (Lipinski definition) is 1. The third-order valence-corrected chi connectivity index (χ3v) is 3.45. The Bertz CT molecular complexity index is 854. The van der Waals surface area contributed by atoms with Gasteiger partial charge in [0.05, 0.1) is 5.02 Å². The summed E-state index contributed by atoms with van der Waals surface area (Å²) in [7, 11) is 0. The van der Waals surface area contributed by atoms with Gasteiger partial charge >= 0.3 is 0 Å². The van der Waals surface area contributed by atoms with Crippen LogP contribution in [0, 0.1) is 5.82 Å². The van der Waals surface area contributed by atoms with Gasteiger partial charge < -0.3 is 9.73 Å². The number of halogens is 2. The lowest BCUT2D eigenvalue weighted by Gasteiger charge is -2.05. The van der Waals surface area contributed by atoms with Crippen molar-refractivity contribution in [2.24, 2.45) is 0 Å². The van der Waals surface area contributed by atoms with E-state index in [0.717, 1.165) is 5.56 Å². The molecule has 24 heavy (non-hydrogen) atoms. The Balaban J connectivity index is 1.56. The first kappa shape index (κ1) is 16.1. The van der Waals surface area contributed by atoms with Gasteiger partial charge in [-0.2, -0.15) is 0 Å². The molecule has 0 fully saturated rings. The van der Waals surface area contributed by atoms with Crippen LogP contribution in [0.2, 0.25) is 5.02 Å². The standard InChI is InChI=1S/C16H12ClFN4O2/c17-12-9-11(1-2-13(12)18)20-14(23)3-4-15-21-22-16(24-15)10-5-7-19-8-6-10/h1-2,5-9H,3-4H2,(H,20,23). The van der Waals surface area contributed by atoms with Crippen LogP contribution in [0.15, 0.2) is 47.1 Å². The smallest absolute Gasteiger partial charge is 0.247 e. The second kappa shape index (κ2) is 7.18. The normalized spacial score (nSPS) is 10.6. The number of benzene rings is 1. The molecule has 0 spiro atoms. The van der Waals surface area contributed by atoms with E-state index in [-0.39, 0.29) is 17.4 Å². The van der Waals surface area contributed by atoms with Crippen LogP contribution >= 0.6 is 11.6 Å². The summed E-state index contributed by atoms with van der Waals surface area (Å²) in [4.78, 5) is 15.8. The molecular formula is C16H12ClFN4O2. The molecule has 8 heteroatoms. The summed E-state index contributed by atoms with van der Waals surface area (Å²) in [5.74, 6) is -0.0715. The summed E-state index contributed by atoms with van der Waals surface area (Å²) in [6.45, 7) is 0. The summed E-state index contributed by atoms with van der Waals surface area (Å²) in [6.07, 6.45) is 3.69. The van der Waals surface area contributed by atoms with Crippen LogP contribution in [0.25, 0.3) is 11.5 Å². The van der Waals surface area contributed by atoms with Crippen LogP contribution < -0.4 is 5.32 Å². The van der Waals surface area contributed by atoms with Crippen molar-refractivity contribution >= 4 is 23.2 Å². The fourth-order valence-electron chi connectivity index (χ4n) is 1.98. The number of pyridine rings is 1. The monoisotopic (exact) mass is 346 g/mol. The molecule has 0 aliphatic heterocycles. The predicted octanol–water partition coefficient (Wildman–Crippen LogP) is 3.50. The number of anilines is 1. The highest BCUT2D eigenvalue weighted by molar-refractivity contribution is 6.31. The molecule has 0 aliphatic rings. The van der Waals surface area contributed by atoms with Gasteiger partial charge in [0.15, 0.2) is 0 Å². The Morgan fingerprint density at radius 1 is 1.21 bits per heavy atom. The predicted molar refractivity (Wildman–Crippen MR) is 85.9 cm³/mol. The molecule has 0 saturated carbocycles. The van der Waals surface area contributed by atoms with Gasteiger partial charge in [-0.15, -0.1) is 10.2 Å². The van der Waals surface area contributed by atoms with E-state index in [1.165, 1.54) is 18.2 Å². The number of carbonyl (C=O) groups excluding carboxylic acids is 1. The number of aryl methyl sites for hydroxylation is 1. The molecule has 0 saturated heterocycles. The maximum Gasteiger partial charge on any atom is 0.247 e. The van der Waals surface area contributed by atoms with Gasteiger partial charge in [0.25, 0.3) is 0 Å². The quantitative estimate of drug-likeness (QED) is 0.764. The minimum absolute atomic E-state index is 0.0494. The van der Waals surface area contributed by atoms with E-state index in [0.29, 0.717) is 23.9 Å². The SMILES string of the molecule is O=C(CCc1nnc(-c2ccncc2)o1)Nc1ccc(F)c(Cl)c1. The van der Waals surface area contributed by atoms with Crippen LogP contribution in [-0.2, 0) is 11.2 Å². The number of nitrogens with one attached hydrogen (secondary N) is 1. The summed E-state index contributed by atoms with van der Waals surface area (Å²) in [5.41, 5.74) is 1.18. The van der Waals surface area contributed by atoms with E-state index in [1.54, 1.807) is 24.5 Å². The lowest BCUT2D eigenvalue weighted by Crippen LogP contribution is -2.12. The van der Waals surface area contributed by atoms with Crippen molar-refractivity contribution in [3.63, 3.8) is 0 Å². The van der Waals surface area contributed by atoms with E-state index in [9.17, 15) is 9.18 Å². The molecule has 1 N–H and O–H groups in total. The average Bonchev–Trinajstić information content (AvgIpc) is 3.06. The minimum Gasteiger partial charge on any atom is -0.421 e. The Hall–Kier alpha value is -2.80. The van der Waals surface area contributed by atoms with Gasteiger partial charge in [0, 0.05) is 36.5 Å². The third kappa shape index (κ3) is 3.94. The highest BCUT2D eigenvalue weighted by Gasteiger charge is 2.11. The van der Waals surface area contributed by atoms with Gasteiger partial charge in [-0.25, -0.2) is 4.39 Å². The summed E-state index contributed by atoms with van der Waals surface area (Å²) in [5, 5.41) is 10.4. The first-order valence-corrected chi connectivity index (χ1v) is 7.47. The molecule has 2 heterocycles. The number of aromatic nitrogens is 3. The topological polar surface area (TPSA) is 80.9 Å². The van der Waals surface area contributed by atoms with Gasteiger partial charge in [-0.3, -0.25) is 9.78 Å². The molecule has 122 valence electrons. The molecule has 0 bridgehead atoms. The lowest BCUT2D eigenvalue weighted by molar-refractivity contribution is -0.116. The fourth-order valence-corrected chi connectivity index (χ4v) is 2.16. The highest BCUT2D eigenvalue weighted by Crippen LogP contribution is 2.20. The zero-order valence-electron chi connectivity index (χ0n) is 12.4. The van der Waals surface area contributed by atoms with Crippen molar-refractivity contribution in [1.82, 2.24) is 15.2 Å².